The lowest BCUT2D eigenvalue weighted by Gasteiger charge is -2.32. The third kappa shape index (κ3) is 7.84. The monoisotopic (exact) mass is 520 g/mol. The van der Waals surface area contributed by atoms with Crippen LogP contribution in [0.5, 0.6) is 0 Å². The summed E-state index contributed by atoms with van der Waals surface area (Å²) in [5.74, 6) is -0.167. The Kier molecular flexibility index (Phi) is 9.89. The predicted molar refractivity (Wildman–Crippen MR) is 141 cm³/mol. The minimum absolute atomic E-state index is 0.0598. The summed E-state index contributed by atoms with van der Waals surface area (Å²) in [4.78, 5) is 28.8. The number of aryl methyl sites for hydroxylation is 1. The van der Waals surface area contributed by atoms with Gasteiger partial charge < -0.3 is 10.2 Å². The molecule has 0 unspecified atom stereocenters. The Morgan fingerprint density at radius 1 is 0.912 bits per heavy atom. The molecule has 2 amide bonds. The van der Waals surface area contributed by atoms with E-state index in [1.165, 1.54) is 0 Å². The lowest BCUT2D eigenvalue weighted by molar-refractivity contribution is -0.140. The van der Waals surface area contributed by atoms with Gasteiger partial charge in [-0.25, -0.2) is 0 Å². The van der Waals surface area contributed by atoms with Gasteiger partial charge in [-0.05, 0) is 42.2 Å². The highest BCUT2D eigenvalue weighted by Gasteiger charge is 2.30. The Hall–Kier alpha value is -2.92. The lowest BCUT2D eigenvalue weighted by Crippen LogP contribution is -2.51. The fourth-order valence-electron chi connectivity index (χ4n) is 3.87. The van der Waals surface area contributed by atoms with E-state index in [9.17, 15) is 9.59 Å². The van der Waals surface area contributed by atoms with Crippen molar-refractivity contribution in [3.63, 3.8) is 0 Å². The zero-order valence-corrected chi connectivity index (χ0v) is 21.6. The first-order chi connectivity index (χ1) is 16.5. The van der Waals surface area contributed by atoms with E-state index in [-0.39, 0.29) is 18.2 Å². The number of halogens is 1. The van der Waals surface area contributed by atoms with Crippen LogP contribution in [0, 0.1) is 6.92 Å². The molecule has 0 saturated carbocycles. The predicted octanol–water partition coefficient (Wildman–Crippen LogP) is 5.86. The topological polar surface area (TPSA) is 49.4 Å². The first kappa shape index (κ1) is 25.7. The van der Waals surface area contributed by atoms with Crippen LogP contribution in [0.25, 0.3) is 0 Å². The van der Waals surface area contributed by atoms with Gasteiger partial charge in [0.15, 0.2) is 0 Å². The second-order valence-corrected chi connectivity index (χ2v) is 9.58. The highest BCUT2D eigenvalue weighted by molar-refractivity contribution is 9.10. The van der Waals surface area contributed by atoms with Gasteiger partial charge in [0.05, 0.1) is 6.42 Å². The molecule has 0 fully saturated rings. The van der Waals surface area contributed by atoms with Crippen LogP contribution in [0.3, 0.4) is 0 Å². The van der Waals surface area contributed by atoms with Crippen molar-refractivity contribution in [2.24, 2.45) is 0 Å². The number of hydrogen-bond donors (Lipinski definition) is 1. The van der Waals surface area contributed by atoms with Gasteiger partial charge >= 0.3 is 0 Å². The van der Waals surface area contributed by atoms with E-state index in [0.717, 1.165) is 39.6 Å². The maximum Gasteiger partial charge on any atom is 0.243 e. The molecule has 0 saturated heterocycles. The van der Waals surface area contributed by atoms with E-state index in [4.69, 9.17) is 0 Å². The van der Waals surface area contributed by atoms with Crippen molar-refractivity contribution in [2.45, 2.75) is 52.1 Å². The summed E-state index contributed by atoms with van der Waals surface area (Å²) < 4.78 is 0.947. The number of carbonyl (C=O) groups is 2. The lowest BCUT2D eigenvalue weighted by atomic mass is 10.0. The highest BCUT2D eigenvalue weighted by atomic mass is 79.9. The van der Waals surface area contributed by atoms with E-state index in [0.29, 0.717) is 19.5 Å². The maximum absolute atomic E-state index is 13.7. The van der Waals surface area contributed by atoms with Crippen molar-refractivity contribution < 1.29 is 9.59 Å². The van der Waals surface area contributed by atoms with Gasteiger partial charge in [0, 0.05) is 24.0 Å². The molecule has 3 aromatic carbocycles. The first-order valence-corrected chi connectivity index (χ1v) is 12.7. The van der Waals surface area contributed by atoms with Crippen LogP contribution in [0.1, 0.15) is 42.0 Å². The SMILES string of the molecule is CCCCNC(=O)[C@@H](Cc1ccccc1)N(Cc1cccc(Br)c1)C(=O)Cc1ccc(C)cc1. The largest absolute Gasteiger partial charge is 0.354 e. The Balaban J connectivity index is 1.93. The van der Waals surface area contributed by atoms with Gasteiger partial charge in [-0.3, -0.25) is 9.59 Å². The molecule has 34 heavy (non-hydrogen) atoms. The van der Waals surface area contributed by atoms with Gasteiger partial charge in [-0.1, -0.05) is 102 Å². The summed E-state index contributed by atoms with van der Waals surface area (Å²) >= 11 is 3.53. The van der Waals surface area contributed by atoms with Crippen LogP contribution < -0.4 is 5.32 Å². The minimum atomic E-state index is -0.601. The van der Waals surface area contributed by atoms with Crippen molar-refractivity contribution in [3.05, 3.63) is 106 Å². The van der Waals surface area contributed by atoms with Crippen molar-refractivity contribution in [1.82, 2.24) is 10.2 Å². The molecule has 0 aliphatic carbocycles. The summed E-state index contributed by atoms with van der Waals surface area (Å²) in [6, 6.07) is 25.2. The number of hydrogen-bond acceptors (Lipinski definition) is 2. The molecule has 3 rings (SSSR count). The number of rotatable bonds is 11. The highest BCUT2D eigenvalue weighted by Crippen LogP contribution is 2.19. The number of benzene rings is 3. The van der Waals surface area contributed by atoms with Crippen LogP contribution in [0.2, 0.25) is 0 Å². The number of carbonyl (C=O) groups excluding carboxylic acids is 2. The van der Waals surface area contributed by atoms with Crippen LogP contribution in [-0.4, -0.2) is 29.3 Å². The zero-order chi connectivity index (χ0) is 24.3. The van der Waals surface area contributed by atoms with Crippen LogP contribution in [0.15, 0.2) is 83.3 Å². The molecule has 5 heteroatoms. The summed E-state index contributed by atoms with van der Waals surface area (Å²) in [5, 5.41) is 3.07. The molecule has 0 bridgehead atoms. The van der Waals surface area contributed by atoms with Gasteiger partial charge in [0.25, 0.3) is 0 Å². The van der Waals surface area contributed by atoms with Gasteiger partial charge in [-0.2, -0.15) is 0 Å². The van der Waals surface area contributed by atoms with Gasteiger partial charge in [0.1, 0.15) is 6.04 Å². The molecule has 3 aromatic rings. The van der Waals surface area contributed by atoms with E-state index >= 15 is 0 Å². The summed E-state index contributed by atoms with van der Waals surface area (Å²) in [5.41, 5.74) is 4.10. The molecule has 0 aromatic heterocycles. The minimum Gasteiger partial charge on any atom is -0.354 e. The first-order valence-electron chi connectivity index (χ1n) is 11.9. The molecule has 0 radical (unpaired) electrons. The maximum atomic E-state index is 13.7. The second kappa shape index (κ2) is 13.1. The number of nitrogens with one attached hydrogen (secondary N) is 1. The fraction of sp³-hybridized carbons (Fsp3) is 0.310. The second-order valence-electron chi connectivity index (χ2n) is 8.66. The molecule has 1 N–H and O–H groups in total. The molecular weight excluding hydrogens is 488 g/mol. The van der Waals surface area contributed by atoms with Gasteiger partial charge in [-0.15, -0.1) is 0 Å². The summed E-state index contributed by atoms with van der Waals surface area (Å²) in [7, 11) is 0. The van der Waals surface area contributed by atoms with Crippen LogP contribution >= 0.6 is 15.9 Å². The van der Waals surface area contributed by atoms with E-state index in [1.54, 1.807) is 4.90 Å². The number of nitrogens with zero attached hydrogens (tertiary/aromatic N) is 1. The molecular formula is C29H33BrN2O2. The molecule has 178 valence electrons. The summed E-state index contributed by atoms with van der Waals surface area (Å²) in [6.07, 6.45) is 2.62. The average Bonchev–Trinajstić information content (AvgIpc) is 2.83. The van der Waals surface area contributed by atoms with Crippen LogP contribution in [0.4, 0.5) is 0 Å². The molecule has 0 aliphatic heterocycles. The smallest absolute Gasteiger partial charge is 0.243 e. The third-order valence-electron chi connectivity index (χ3n) is 5.82. The van der Waals surface area contributed by atoms with Crippen molar-refractivity contribution in [2.75, 3.05) is 6.54 Å². The van der Waals surface area contributed by atoms with E-state index in [1.807, 2.05) is 85.8 Å². The summed E-state index contributed by atoms with van der Waals surface area (Å²) in [6.45, 7) is 5.10. The Bertz CT molecular complexity index is 1070. The number of amides is 2. The molecule has 1 atom stereocenters. The molecule has 0 heterocycles. The zero-order valence-electron chi connectivity index (χ0n) is 20.0. The van der Waals surface area contributed by atoms with E-state index in [2.05, 4.69) is 28.2 Å². The van der Waals surface area contributed by atoms with Crippen LogP contribution in [-0.2, 0) is 29.0 Å². The average molecular weight is 521 g/mol. The quantitative estimate of drug-likeness (QED) is 0.322. The standard InChI is InChI=1S/C29H33BrN2O2/c1-3-4-17-31-29(34)27(19-23-9-6-5-7-10-23)32(21-25-11-8-12-26(30)18-25)28(33)20-24-15-13-22(2)14-16-24/h5-16,18,27H,3-4,17,19-21H2,1-2H3,(H,31,34)/t27-/m1/s1. The van der Waals surface area contributed by atoms with Crippen molar-refractivity contribution in [3.8, 4) is 0 Å². The Morgan fingerprint density at radius 2 is 1.62 bits per heavy atom. The molecule has 0 aliphatic rings. The fourth-order valence-corrected chi connectivity index (χ4v) is 4.32. The normalized spacial score (nSPS) is 11.6. The third-order valence-corrected chi connectivity index (χ3v) is 6.31. The molecule has 4 nitrogen and oxygen atoms in total. The van der Waals surface area contributed by atoms with Crippen molar-refractivity contribution in [1.29, 1.82) is 0 Å². The number of unbranched alkanes of at least 4 members (excludes halogenated alkanes) is 1. The Morgan fingerprint density at radius 3 is 2.29 bits per heavy atom. The molecule has 0 spiro atoms. The van der Waals surface area contributed by atoms with Crippen molar-refractivity contribution >= 4 is 27.7 Å². The van der Waals surface area contributed by atoms with Gasteiger partial charge in [0.2, 0.25) is 11.8 Å². The van der Waals surface area contributed by atoms with E-state index < -0.39 is 6.04 Å². The Labute approximate surface area is 211 Å².